The Labute approximate surface area is 123 Å². The van der Waals surface area contributed by atoms with Crippen LogP contribution in [0.25, 0.3) is 0 Å². The smallest absolute Gasteiger partial charge is 0.0543 e. The zero-order chi connectivity index (χ0) is 14.0. The zero-order valence-corrected chi connectivity index (χ0v) is 13.2. The largest absolute Gasteiger partial charge is 0.393 e. The van der Waals surface area contributed by atoms with Crippen LogP contribution >= 0.6 is 0 Å². The number of aliphatic hydroxyl groups excluding tert-OH is 1. The van der Waals surface area contributed by atoms with Gasteiger partial charge in [0.25, 0.3) is 0 Å². The minimum Gasteiger partial charge on any atom is -0.393 e. The number of allylic oxidation sites excluding steroid dienone is 2. The summed E-state index contributed by atoms with van der Waals surface area (Å²) in [4.78, 5) is 0. The van der Waals surface area contributed by atoms with Crippen LogP contribution in [0.1, 0.15) is 71.6 Å². The van der Waals surface area contributed by atoms with E-state index in [4.69, 9.17) is 0 Å². The first-order valence-electron chi connectivity index (χ1n) is 8.91. The third kappa shape index (κ3) is 1.71. The van der Waals surface area contributed by atoms with E-state index in [1.807, 2.05) is 5.57 Å². The molecule has 0 aromatic rings. The molecule has 3 saturated carbocycles. The minimum absolute atomic E-state index is 0.0100. The Morgan fingerprint density at radius 1 is 1.05 bits per heavy atom. The van der Waals surface area contributed by atoms with Crippen molar-refractivity contribution >= 4 is 0 Å². The topological polar surface area (TPSA) is 20.2 Å². The average molecular weight is 274 g/mol. The van der Waals surface area contributed by atoms with Gasteiger partial charge < -0.3 is 5.11 Å². The van der Waals surface area contributed by atoms with E-state index in [0.717, 1.165) is 30.6 Å². The molecule has 1 nitrogen and oxygen atoms in total. The number of hydrogen-bond acceptors (Lipinski definition) is 1. The van der Waals surface area contributed by atoms with Gasteiger partial charge in [-0.3, -0.25) is 0 Å². The van der Waals surface area contributed by atoms with Crippen molar-refractivity contribution in [2.75, 3.05) is 0 Å². The van der Waals surface area contributed by atoms with Crippen LogP contribution in [0.15, 0.2) is 11.6 Å². The highest BCUT2D eigenvalue weighted by Gasteiger charge is 2.55. The first-order valence-corrected chi connectivity index (χ1v) is 8.91. The molecule has 6 atom stereocenters. The summed E-state index contributed by atoms with van der Waals surface area (Å²) in [5.41, 5.74) is 2.92. The number of hydrogen-bond donors (Lipinski definition) is 1. The van der Waals surface area contributed by atoms with Gasteiger partial charge in [0.1, 0.15) is 0 Å². The van der Waals surface area contributed by atoms with Crippen LogP contribution in [0.5, 0.6) is 0 Å². The standard InChI is InChI=1S/C19H30O/c1-18-9-3-4-16(18)15-6-5-13-12-14(20)7-11-19(13,2)17(15)8-10-18/h4,13-15,17,20H,3,5-12H2,1-2H3. The maximum absolute atomic E-state index is 10.0. The van der Waals surface area contributed by atoms with Crippen LogP contribution in [0.2, 0.25) is 0 Å². The molecule has 0 heterocycles. The quantitative estimate of drug-likeness (QED) is 0.635. The lowest BCUT2D eigenvalue weighted by Crippen LogP contribution is -2.51. The molecule has 1 heteroatoms. The van der Waals surface area contributed by atoms with Crippen molar-refractivity contribution in [1.82, 2.24) is 0 Å². The molecule has 0 saturated heterocycles. The van der Waals surface area contributed by atoms with E-state index in [0.29, 0.717) is 10.8 Å². The van der Waals surface area contributed by atoms with Crippen LogP contribution in [-0.2, 0) is 0 Å². The molecule has 1 N–H and O–H groups in total. The molecule has 0 aliphatic heterocycles. The van der Waals surface area contributed by atoms with E-state index in [1.165, 1.54) is 44.9 Å². The van der Waals surface area contributed by atoms with Gasteiger partial charge in [-0.15, -0.1) is 0 Å². The van der Waals surface area contributed by atoms with Crippen molar-refractivity contribution in [3.63, 3.8) is 0 Å². The Hall–Kier alpha value is -0.300. The van der Waals surface area contributed by atoms with Crippen molar-refractivity contribution in [2.24, 2.45) is 28.6 Å². The van der Waals surface area contributed by atoms with E-state index in [-0.39, 0.29) is 6.10 Å². The third-order valence-electron chi connectivity index (χ3n) is 7.83. The molecule has 4 aliphatic rings. The molecule has 6 unspecified atom stereocenters. The highest BCUT2D eigenvalue weighted by molar-refractivity contribution is 5.27. The molecule has 0 bridgehead atoms. The second-order valence-corrected chi connectivity index (χ2v) is 8.72. The fourth-order valence-corrected chi connectivity index (χ4v) is 6.56. The molecular weight excluding hydrogens is 244 g/mol. The predicted octanol–water partition coefficient (Wildman–Crippen LogP) is 4.70. The van der Waals surface area contributed by atoms with Gasteiger partial charge in [-0.25, -0.2) is 0 Å². The monoisotopic (exact) mass is 274 g/mol. The third-order valence-corrected chi connectivity index (χ3v) is 7.83. The molecule has 0 radical (unpaired) electrons. The Balaban J connectivity index is 1.66. The van der Waals surface area contributed by atoms with Gasteiger partial charge in [0.2, 0.25) is 0 Å². The number of rotatable bonds is 0. The summed E-state index contributed by atoms with van der Waals surface area (Å²) >= 11 is 0. The van der Waals surface area contributed by atoms with Crippen LogP contribution < -0.4 is 0 Å². The maximum Gasteiger partial charge on any atom is 0.0543 e. The first-order chi connectivity index (χ1) is 9.53. The van der Waals surface area contributed by atoms with E-state index >= 15 is 0 Å². The van der Waals surface area contributed by atoms with Gasteiger partial charge in [-0.05, 0) is 86.4 Å². The lowest BCUT2D eigenvalue weighted by Gasteiger charge is -2.59. The van der Waals surface area contributed by atoms with Crippen molar-refractivity contribution in [3.05, 3.63) is 11.6 Å². The van der Waals surface area contributed by atoms with Crippen LogP contribution in [-0.4, -0.2) is 11.2 Å². The first kappa shape index (κ1) is 13.4. The maximum atomic E-state index is 10.0. The van der Waals surface area contributed by atoms with Crippen LogP contribution in [0, 0.1) is 28.6 Å². The summed E-state index contributed by atoms with van der Waals surface area (Å²) in [5, 5.41) is 10.0. The molecule has 4 rings (SSSR count). The molecule has 4 aliphatic carbocycles. The Morgan fingerprint density at radius 2 is 1.90 bits per heavy atom. The van der Waals surface area contributed by atoms with Gasteiger partial charge in [-0.2, -0.15) is 0 Å². The van der Waals surface area contributed by atoms with Crippen LogP contribution in [0.4, 0.5) is 0 Å². The van der Waals surface area contributed by atoms with E-state index in [1.54, 1.807) is 0 Å². The second-order valence-electron chi connectivity index (χ2n) is 8.72. The molecule has 0 amide bonds. The van der Waals surface area contributed by atoms with Gasteiger partial charge >= 0.3 is 0 Å². The Morgan fingerprint density at radius 3 is 2.75 bits per heavy atom. The summed E-state index contributed by atoms with van der Waals surface area (Å²) in [6.07, 6.45) is 14.4. The van der Waals surface area contributed by atoms with Crippen molar-refractivity contribution in [3.8, 4) is 0 Å². The van der Waals surface area contributed by atoms with Crippen molar-refractivity contribution in [2.45, 2.75) is 77.7 Å². The normalized spacial score (nSPS) is 54.6. The van der Waals surface area contributed by atoms with Gasteiger partial charge in [0.15, 0.2) is 0 Å². The molecule has 112 valence electrons. The molecule has 3 fully saturated rings. The minimum atomic E-state index is -0.0100. The molecule has 0 aromatic heterocycles. The molecule has 20 heavy (non-hydrogen) atoms. The fraction of sp³-hybridized carbons (Fsp3) is 0.895. The Bertz CT molecular complexity index is 439. The SMILES string of the molecule is CC12CCC=C1C1CCC3CC(O)CCC3(C)C1CC2. The zero-order valence-electron chi connectivity index (χ0n) is 13.2. The predicted molar refractivity (Wildman–Crippen MR) is 82.3 cm³/mol. The van der Waals surface area contributed by atoms with Gasteiger partial charge in [-0.1, -0.05) is 25.5 Å². The highest BCUT2D eigenvalue weighted by atomic mass is 16.3. The second kappa shape index (κ2) is 4.35. The summed E-state index contributed by atoms with van der Waals surface area (Å²) in [7, 11) is 0. The summed E-state index contributed by atoms with van der Waals surface area (Å²) in [6, 6.07) is 0. The fourth-order valence-electron chi connectivity index (χ4n) is 6.56. The van der Waals surface area contributed by atoms with E-state index in [2.05, 4.69) is 19.9 Å². The lowest BCUT2D eigenvalue weighted by atomic mass is 9.46. The number of aliphatic hydroxyl groups is 1. The summed E-state index contributed by atoms with van der Waals surface area (Å²) in [5.74, 6) is 2.58. The molecular formula is C19H30O. The molecule has 0 aromatic carbocycles. The Kier molecular flexibility index (Phi) is 2.91. The van der Waals surface area contributed by atoms with Gasteiger partial charge in [0.05, 0.1) is 6.10 Å². The summed E-state index contributed by atoms with van der Waals surface area (Å²) < 4.78 is 0. The average Bonchev–Trinajstić information content (AvgIpc) is 2.81. The van der Waals surface area contributed by atoms with Crippen molar-refractivity contribution < 1.29 is 5.11 Å². The highest BCUT2D eigenvalue weighted by Crippen LogP contribution is 2.64. The van der Waals surface area contributed by atoms with Crippen LogP contribution in [0.3, 0.4) is 0 Å². The van der Waals surface area contributed by atoms with E-state index in [9.17, 15) is 5.11 Å². The van der Waals surface area contributed by atoms with Crippen molar-refractivity contribution in [1.29, 1.82) is 0 Å². The van der Waals surface area contributed by atoms with E-state index < -0.39 is 0 Å². The van der Waals surface area contributed by atoms with Gasteiger partial charge in [0, 0.05) is 0 Å². The lowest BCUT2D eigenvalue weighted by molar-refractivity contribution is -0.0812. The number of fused-ring (bicyclic) bond motifs is 5. The summed E-state index contributed by atoms with van der Waals surface area (Å²) in [6.45, 7) is 5.10. The molecule has 0 spiro atoms.